The van der Waals surface area contributed by atoms with Crippen molar-refractivity contribution in [2.24, 2.45) is 0 Å². The van der Waals surface area contributed by atoms with Gasteiger partial charge < -0.3 is 18.8 Å². The van der Waals surface area contributed by atoms with Gasteiger partial charge in [0.05, 0.1) is 23.2 Å². The summed E-state index contributed by atoms with van der Waals surface area (Å²) in [5, 5.41) is 1.04. The molecular formula is C21H26ClN3O2S. The van der Waals surface area contributed by atoms with Gasteiger partial charge in [-0.15, -0.1) is 12.4 Å². The van der Waals surface area contributed by atoms with Crippen LogP contribution < -0.4 is 4.90 Å². The Morgan fingerprint density at radius 3 is 2.68 bits per heavy atom. The maximum atomic E-state index is 12.5. The van der Waals surface area contributed by atoms with Crippen LogP contribution in [0, 0.1) is 6.92 Å². The molecule has 0 saturated carbocycles. The summed E-state index contributed by atoms with van der Waals surface area (Å²) in [6.45, 7) is 5.15. The Bertz CT molecular complexity index is 974. The third-order valence-corrected chi connectivity index (χ3v) is 6.48. The van der Waals surface area contributed by atoms with E-state index >= 15 is 0 Å². The molecule has 7 heteroatoms. The zero-order chi connectivity index (χ0) is 19.0. The number of pyridine rings is 1. The van der Waals surface area contributed by atoms with Crippen molar-refractivity contribution in [1.82, 2.24) is 9.55 Å². The topological polar surface area (TPSA) is 53.4 Å². The summed E-state index contributed by atoms with van der Waals surface area (Å²) in [5.41, 5.74) is 4.88. The smallest absolute Gasteiger partial charge is 0.181 e. The van der Waals surface area contributed by atoms with Crippen LogP contribution in [0.2, 0.25) is 0 Å². The summed E-state index contributed by atoms with van der Waals surface area (Å²) >= 11 is -1.06. The molecular weight excluding hydrogens is 394 g/mol. The summed E-state index contributed by atoms with van der Waals surface area (Å²) in [6.07, 6.45) is 4.60. The number of benzene rings is 1. The third-order valence-electron chi connectivity index (χ3n) is 5.39. The largest absolute Gasteiger partial charge is 0.612 e. The second-order valence-electron chi connectivity index (χ2n) is 6.98. The molecule has 1 aliphatic heterocycles. The monoisotopic (exact) mass is 419 g/mol. The number of halogens is 1. The molecule has 1 atom stereocenters. The van der Waals surface area contributed by atoms with Crippen LogP contribution in [-0.2, 0) is 35.4 Å². The number of anilines is 1. The van der Waals surface area contributed by atoms with E-state index in [0.29, 0.717) is 6.61 Å². The molecule has 0 amide bonds. The van der Waals surface area contributed by atoms with Crippen LogP contribution in [0.5, 0.6) is 0 Å². The summed E-state index contributed by atoms with van der Waals surface area (Å²) in [5.74, 6) is 0.970. The molecule has 0 aliphatic carbocycles. The number of aromatic nitrogens is 2. The number of hydrogen-bond donors (Lipinski definition) is 0. The second-order valence-corrected chi connectivity index (χ2v) is 8.30. The number of ether oxygens (including phenoxy) is 1. The lowest BCUT2D eigenvalue weighted by Crippen LogP contribution is -2.31. The van der Waals surface area contributed by atoms with E-state index in [0.717, 1.165) is 53.4 Å². The number of rotatable bonds is 5. The highest BCUT2D eigenvalue weighted by molar-refractivity contribution is 7.91. The van der Waals surface area contributed by atoms with Crippen molar-refractivity contribution in [1.29, 1.82) is 0 Å². The fourth-order valence-electron chi connectivity index (χ4n) is 4.11. The quantitative estimate of drug-likeness (QED) is 0.591. The molecule has 4 rings (SSSR count). The van der Waals surface area contributed by atoms with E-state index in [1.165, 1.54) is 11.1 Å². The molecule has 150 valence electrons. The molecule has 0 bridgehead atoms. The van der Waals surface area contributed by atoms with Gasteiger partial charge in [0.1, 0.15) is 6.26 Å². The molecule has 1 aromatic carbocycles. The lowest BCUT2D eigenvalue weighted by Gasteiger charge is -2.30. The average Bonchev–Trinajstić information content (AvgIpc) is 2.97. The first-order valence-electron chi connectivity index (χ1n) is 9.23. The first kappa shape index (κ1) is 21.0. The Hall–Kier alpha value is -1.73. The maximum absolute atomic E-state index is 12.5. The molecule has 0 saturated heterocycles. The highest BCUT2D eigenvalue weighted by Crippen LogP contribution is 2.36. The van der Waals surface area contributed by atoms with E-state index in [1.807, 2.05) is 19.2 Å². The van der Waals surface area contributed by atoms with E-state index in [1.54, 1.807) is 13.4 Å². The zero-order valence-electron chi connectivity index (χ0n) is 16.5. The van der Waals surface area contributed by atoms with E-state index in [9.17, 15) is 4.55 Å². The molecule has 3 heterocycles. The van der Waals surface area contributed by atoms with E-state index in [2.05, 4.69) is 33.7 Å². The van der Waals surface area contributed by atoms with E-state index in [-0.39, 0.29) is 12.4 Å². The van der Waals surface area contributed by atoms with Gasteiger partial charge in [-0.25, -0.2) is 4.98 Å². The van der Waals surface area contributed by atoms with Crippen LogP contribution >= 0.6 is 12.4 Å². The predicted molar refractivity (Wildman–Crippen MR) is 117 cm³/mol. The van der Waals surface area contributed by atoms with Crippen molar-refractivity contribution in [3.8, 4) is 0 Å². The minimum atomic E-state index is -1.06. The molecule has 5 nitrogen and oxygen atoms in total. The first-order valence-corrected chi connectivity index (χ1v) is 10.8. The second kappa shape index (κ2) is 8.74. The zero-order valence-corrected chi connectivity index (χ0v) is 18.1. The van der Waals surface area contributed by atoms with Crippen LogP contribution in [-0.4, -0.2) is 40.6 Å². The summed E-state index contributed by atoms with van der Waals surface area (Å²) in [6, 6.07) is 10.6. The van der Waals surface area contributed by atoms with Crippen LogP contribution in [0.25, 0.3) is 10.9 Å². The van der Waals surface area contributed by atoms with Gasteiger partial charge in [0.25, 0.3) is 0 Å². The standard InChI is InChI=1S/C21H25N3O2S.ClH/c1-15-20(27(3)25)18-8-10-22-21(19(18)24(15)12-13-26-2)23-11-9-16-6-4-5-7-17(16)14-23;/h4-8,10H,9,11-14H2,1-3H3;1H. The summed E-state index contributed by atoms with van der Waals surface area (Å²) in [7, 11) is 1.71. The van der Waals surface area contributed by atoms with Gasteiger partial charge >= 0.3 is 0 Å². The molecule has 1 aliphatic rings. The van der Waals surface area contributed by atoms with Gasteiger partial charge in [0.15, 0.2) is 10.7 Å². The number of fused-ring (bicyclic) bond motifs is 2. The Morgan fingerprint density at radius 1 is 1.21 bits per heavy atom. The Balaban J connectivity index is 0.00000225. The molecule has 0 radical (unpaired) electrons. The lowest BCUT2D eigenvalue weighted by atomic mass is 10.00. The number of hydrogen-bond acceptors (Lipinski definition) is 4. The molecule has 0 spiro atoms. The fraction of sp³-hybridized carbons (Fsp3) is 0.381. The van der Waals surface area contributed by atoms with Gasteiger partial charge in [-0.2, -0.15) is 0 Å². The van der Waals surface area contributed by atoms with Gasteiger partial charge in [-0.05, 0) is 41.7 Å². The average molecular weight is 420 g/mol. The first-order chi connectivity index (χ1) is 13.1. The van der Waals surface area contributed by atoms with Crippen LogP contribution in [0.1, 0.15) is 16.8 Å². The van der Waals surface area contributed by atoms with Crippen molar-refractivity contribution in [2.75, 3.05) is 31.4 Å². The Kier molecular flexibility index (Phi) is 6.55. The van der Waals surface area contributed by atoms with E-state index in [4.69, 9.17) is 9.72 Å². The molecule has 0 N–H and O–H groups in total. The highest BCUT2D eigenvalue weighted by Gasteiger charge is 2.27. The molecule has 1 unspecified atom stereocenters. The predicted octanol–water partition coefficient (Wildman–Crippen LogP) is 3.71. The minimum Gasteiger partial charge on any atom is -0.612 e. The molecule has 28 heavy (non-hydrogen) atoms. The van der Waals surface area contributed by atoms with Crippen LogP contribution in [0.3, 0.4) is 0 Å². The SMILES string of the molecule is COCCn1c(C)c([S+](C)[O-])c2ccnc(N3CCc4ccccc4C3)c21.Cl. The molecule has 3 aromatic rings. The minimum absolute atomic E-state index is 0. The van der Waals surface area contributed by atoms with Crippen molar-refractivity contribution in [3.05, 3.63) is 53.3 Å². The third kappa shape index (κ3) is 3.62. The number of nitrogens with zero attached hydrogens (tertiary/aromatic N) is 3. The van der Waals surface area contributed by atoms with Crippen molar-refractivity contribution >= 4 is 40.3 Å². The van der Waals surface area contributed by atoms with Gasteiger partial charge in [0.2, 0.25) is 0 Å². The van der Waals surface area contributed by atoms with E-state index < -0.39 is 11.2 Å². The summed E-state index contributed by atoms with van der Waals surface area (Å²) in [4.78, 5) is 8.00. The Labute approximate surface area is 175 Å². The van der Waals surface area contributed by atoms with Gasteiger partial charge in [-0.1, -0.05) is 24.3 Å². The van der Waals surface area contributed by atoms with Gasteiger partial charge in [0, 0.05) is 32.9 Å². The fourth-order valence-corrected chi connectivity index (χ4v) is 5.11. The number of methoxy groups -OCH3 is 1. The lowest BCUT2D eigenvalue weighted by molar-refractivity contribution is 0.188. The highest BCUT2D eigenvalue weighted by atomic mass is 35.5. The van der Waals surface area contributed by atoms with Gasteiger partial charge in [-0.3, -0.25) is 0 Å². The van der Waals surface area contributed by atoms with Crippen molar-refractivity contribution in [2.45, 2.75) is 31.3 Å². The van der Waals surface area contributed by atoms with Crippen molar-refractivity contribution < 1.29 is 9.29 Å². The Morgan fingerprint density at radius 2 is 1.96 bits per heavy atom. The van der Waals surface area contributed by atoms with Crippen LogP contribution in [0.4, 0.5) is 5.82 Å². The maximum Gasteiger partial charge on any atom is 0.181 e. The normalized spacial score (nSPS) is 14.6. The summed E-state index contributed by atoms with van der Waals surface area (Å²) < 4.78 is 20.0. The van der Waals surface area contributed by atoms with Crippen molar-refractivity contribution in [3.63, 3.8) is 0 Å². The molecule has 2 aromatic heterocycles. The van der Waals surface area contributed by atoms with Crippen LogP contribution in [0.15, 0.2) is 41.4 Å². The molecule has 0 fully saturated rings.